The smallest absolute Gasteiger partial charge is 0.261 e. The summed E-state index contributed by atoms with van der Waals surface area (Å²) in [6.07, 6.45) is 4.79. The number of hydrogen-bond donors (Lipinski definition) is 1. The van der Waals surface area contributed by atoms with Crippen LogP contribution in [0, 0.1) is 11.8 Å². The third kappa shape index (κ3) is 3.38. The average Bonchev–Trinajstić information content (AvgIpc) is 3.18. The maximum Gasteiger partial charge on any atom is 0.261 e. The van der Waals surface area contributed by atoms with Crippen molar-refractivity contribution in [1.29, 1.82) is 0 Å². The summed E-state index contributed by atoms with van der Waals surface area (Å²) in [4.78, 5) is 13.1. The molecule has 0 aromatic carbocycles. The van der Waals surface area contributed by atoms with Gasteiger partial charge in [-0.1, -0.05) is 0 Å². The highest BCUT2D eigenvalue weighted by Gasteiger charge is 2.38. The summed E-state index contributed by atoms with van der Waals surface area (Å²) in [7, 11) is 0. The summed E-state index contributed by atoms with van der Waals surface area (Å²) < 4.78 is 6.55. The standard InChI is InChI=1S/C14H18BrNO2S/c15-11-6-12(19-8-11)14(17)16-13(9-3-4-9)10-2-1-5-18-7-10/h6,8-10,13H,1-5,7H2,(H,16,17). The largest absolute Gasteiger partial charge is 0.381 e. The summed E-state index contributed by atoms with van der Waals surface area (Å²) in [5.74, 6) is 1.23. The zero-order valence-corrected chi connectivity index (χ0v) is 13.1. The van der Waals surface area contributed by atoms with E-state index < -0.39 is 0 Å². The molecule has 1 aromatic heterocycles. The average molecular weight is 344 g/mol. The highest BCUT2D eigenvalue weighted by Crippen LogP contribution is 2.38. The molecule has 2 aliphatic rings. The number of thiophene rings is 1. The number of nitrogens with one attached hydrogen (secondary N) is 1. The van der Waals surface area contributed by atoms with Crippen molar-refractivity contribution in [2.75, 3.05) is 13.2 Å². The number of carbonyl (C=O) groups is 1. The molecule has 1 saturated heterocycles. The van der Waals surface area contributed by atoms with Crippen LogP contribution in [0.1, 0.15) is 35.4 Å². The van der Waals surface area contributed by atoms with Gasteiger partial charge in [-0.3, -0.25) is 4.79 Å². The minimum Gasteiger partial charge on any atom is -0.381 e. The van der Waals surface area contributed by atoms with Crippen molar-refractivity contribution in [2.45, 2.75) is 31.7 Å². The van der Waals surface area contributed by atoms with E-state index in [9.17, 15) is 4.79 Å². The van der Waals surface area contributed by atoms with Gasteiger partial charge in [0.25, 0.3) is 5.91 Å². The van der Waals surface area contributed by atoms with Gasteiger partial charge in [0.15, 0.2) is 0 Å². The minimum atomic E-state index is 0.0678. The molecule has 1 aromatic rings. The van der Waals surface area contributed by atoms with Gasteiger partial charge >= 0.3 is 0 Å². The Labute approximate surface area is 125 Å². The lowest BCUT2D eigenvalue weighted by Gasteiger charge is -2.31. The molecular formula is C14H18BrNO2S. The number of halogens is 1. The second-order valence-corrected chi connectivity index (χ2v) is 7.27. The zero-order chi connectivity index (χ0) is 13.2. The summed E-state index contributed by atoms with van der Waals surface area (Å²) in [5, 5.41) is 5.20. The first kappa shape index (κ1) is 13.6. The Kier molecular flexibility index (Phi) is 4.24. The minimum absolute atomic E-state index is 0.0678. The molecule has 0 bridgehead atoms. The predicted molar refractivity (Wildman–Crippen MR) is 79.5 cm³/mol. The van der Waals surface area contributed by atoms with Gasteiger partial charge in [-0.2, -0.15) is 0 Å². The first-order valence-corrected chi connectivity index (χ1v) is 8.54. The topological polar surface area (TPSA) is 38.3 Å². The monoisotopic (exact) mass is 343 g/mol. The van der Waals surface area contributed by atoms with Crippen LogP contribution >= 0.6 is 27.3 Å². The molecule has 3 rings (SSSR count). The molecule has 1 aliphatic heterocycles. The Morgan fingerprint density at radius 2 is 2.26 bits per heavy atom. The summed E-state index contributed by atoms with van der Waals surface area (Å²) in [6.45, 7) is 1.68. The van der Waals surface area contributed by atoms with E-state index in [1.165, 1.54) is 30.6 Å². The summed E-state index contributed by atoms with van der Waals surface area (Å²) >= 11 is 4.88. The van der Waals surface area contributed by atoms with Crippen molar-refractivity contribution in [2.24, 2.45) is 11.8 Å². The quantitative estimate of drug-likeness (QED) is 0.909. The molecule has 19 heavy (non-hydrogen) atoms. The normalized spacial score (nSPS) is 25.0. The van der Waals surface area contributed by atoms with E-state index in [-0.39, 0.29) is 5.91 Å². The Bertz CT molecular complexity index is 452. The molecule has 1 amide bonds. The molecule has 1 aliphatic carbocycles. The lowest BCUT2D eigenvalue weighted by atomic mass is 9.90. The number of amides is 1. The van der Waals surface area contributed by atoms with Gasteiger partial charge in [-0.25, -0.2) is 0 Å². The fourth-order valence-electron chi connectivity index (χ4n) is 2.78. The third-order valence-electron chi connectivity index (χ3n) is 3.92. The van der Waals surface area contributed by atoms with Crippen LogP contribution in [0.3, 0.4) is 0 Å². The number of rotatable bonds is 4. The van der Waals surface area contributed by atoms with E-state index in [1.54, 1.807) is 0 Å². The molecule has 1 saturated carbocycles. The first-order valence-electron chi connectivity index (χ1n) is 6.86. The maximum absolute atomic E-state index is 12.3. The van der Waals surface area contributed by atoms with Crippen molar-refractivity contribution in [1.82, 2.24) is 5.32 Å². The van der Waals surface area contributed by atoms with Crippen LogP contribution in [0.25, 0.3) is 0 Å². The molecule has 5 heteroatoms. The van der Waals surface area contributed by atoms with Crippen LogP contribution in [-0.2, 0) is 4.74 Å². The van der Waals surface area contributed by atoms with Crippen molar-refractivity contribution in [3.05, 3.63) is 20.8 Å². The van der Waals surface area contributed by atoms with Crippen LogP contribution in [-0.4, -0.2) is 25.2 Å². The van der Waals surface area contributed by atoms with Crippen molar-refractivity contribution >= 4 is 33.2 Å². The molecular weight excluding hydrogens is 326 g/mol. The van der Waals surface area contributed by atoms with Crippen molar-refractivity contribution in [3.8, 4) is 0 Å². The van der Waals surface area contributed by atoms with Crippen molar-refractivity contribution < 1.29 is 9.53 Å². The maximum atomic E-state index is 12.3. The van der Waals surface area contributed by atoms with E-state index in [1.807, 2.05) is 11.4 Å². The van der Waals surface area contributed by atoms with Gasteiger partial charge in [-0.15, -0.1) is 11.3 Å². The summed E-state index contributed by atoms with van der Waals surface area (Å²) in [5.41, 5.74) is 0. The van der Waals surface area contributed by atoms with Crippen LogP contribution in [0.5, 0.6) is 0 Å². The molecule has 2 heterocycles. The van der Waals surface area contributed by atoms with E-state index in [0.717, 1.165) is 29.0 Å². The highest BCUT2D eigenvalue weighted by atomic mass is 79.9. The molecule has 2 unspecified atom stereocenters. The van der Waals surface area contributed by atoms with Crippen LogP contribution in [0.2, 0.25) is 0 Å². The van der Waals surface area contributed by atoms with Gasteiger partial charge in [0, 0.05) is 28.4 Å². The molecule has 3 nitrogen and oxygen atoms in total. The fourth-order valence-corrected chi connectivity index (χ4v) is 4.11. The van der Waals surface area contributed by atoms with Gasteiger partial charge in [0.2, 0.25) is 0 Å². The highest BCUT2D eigenvalue weighted by molar-refractivity contribution is 9.10. The van der Waals surface area contributed by atoms with Crippen LogP contribution < -0.4 is 5.32 Å². The van der Waals surface area contributed by atoms with E-state index >= 15 is 0 Å². The second kappa shape index (κ2) is 5.94. The lowest BCUT2D eigenvalue weighted by molar-refractivity contribution is 0.0348. The number of hydrogen-bond acceptors (Lipinski definition) is 3. The fraction of sp³-hybridized carbons (Fsp3) is 0.643. The zero-order valence-electron chi connectivity index (χ0n) is 10.7. The number of carbonyl (C=O) groups excluding carboxylic acids is 1. The van der Waals surface area contributed by atoms with E-state index in [2.05, 4.69) is 21.2 Å². The van der Waals surface area contributed by atoms with Gasteiger partial charge < -0.3 is 10.1 Å². The van der Waals surface area contributed by atoms with Gasteiger partial charge in [-0.05, 0) is 53.6 Å². The molecule has 2 fully saturated rings. The third-order valence-corrected chi connectivity index (χ3v) is 5.61. The molecule has 0 spiro atoms. The Balaban J connectivity index is 1.65. The number of ether oxygens (including phenoxy) is 1. The molecule has 2 atom stereocenters. The summed E-state index contributed by atoms with van der Waals surface area (Å²) in [6, 6.07) is 2.19. The Morgan fingerprint density at radius 1 is 1.42 bits per heavy atom. The van der Waals surface area contributed by atoms with Crippen LogP contribution in [0.4, 0.5) is 0 Å². The van der Waals surface area contributed by atoms with Gasteiger partial charge in [0.05, 0.1) is 11.5 Å². The molecule has 1 N–H and O–H groups in total. The molecule has 104 valence electrons. The van der Waals surface area contributed by atoms with Gasteiger partial charge in [0.1, 0.15) is 0 Å². The Morgan fingerprint density at radius 3 is 2.84 bits per heavy atom. The van der Waals surface area contributed by atoms with E-state index in [0.29, 0.717) is 17.9 Å². The first-order chi connectivity index (χ1) is 9.24. The lowest BCUT2D eigenvalue weighted by Crippen LogP contribution is -2.44. The van der Waals surface area contributed by atoms with E-state index in [4.69, 9.17) is 4.74 Å². The van der Waals surface area contributed by atoms with Crippen LogP contribution in [0.15, 0.2) is 15.9 Å². The van der Waals surface area contributed by atoms with Crippen molar-refractivity contribution in [3.63, 3.8) is 0 Å². The predicted octanol–water partition coefficient (Wildman–Crippen LogP) is 3.45. The Hall–Kier alpha value is -0.390. The molecule has 0 radical (unpaired) electrons. The second-order valence-electron chi connectivity index (χ2n) is 5.44. The SMILES string of the molecule is O=C(NC(C1CC1)C1CCCOC1)c1cc(Br)cs1.